The third-order valence-electron chi connectivity index (χ3n) is 3.61. The van der Waals surface area contributed by atoms with Crippen molar-refractivity contribution in [3.05, 3.63) is 35.9 Å². The van der Waals surface area contributed by atoms with Gasteiger partial charge in [0.15, 0.2) is 0 Å². The number of rotatable bonds is 10. The minimum Gasteiger partial charge on any atom is -0.467 e. The zero-order valence-corrected chi connectivity index (χ0v) is 14.3. The van der Waals surface area contributed by atoms with Crippen molar-refractivity contribution in [2.75, 3.05) is 13.7 Å². The summed E-state index contributed by atoms with van der Waals surface area (Å²) in [6.45, 7) is 1.92. The monoisotopic (exact) mass is 334 g/mol. The lowest BCUT2D eigenvalue weighted by atomic mass is 10.1. The van der Waals surface area contributed by atoms with Crippen molar-refractivity contribution >= 4 is 17.8 Å². The number of hydrogen-bond acceptors (Lipinski definition) is 4. The van der Waals surface area contributed by atoms with Crippen molar-refractivity contribution in [2.24, 2.45) is 0 Å². The lowest BCUT2D eigenvalue weighted by Gasteiger charge is -2.16. The number of amides is 2. The van der Waals surface area contributed by atoms with Crippen molar-refractivity contribution in [1.82, 2.24) is 10.6 Å². The van der Waals surface area contributed by atoms with Gasteiger partial charge in [-0.25, -0.2) is 4.79 Å². The number of carbonyl (C=O) groups is 3. The van der Waals surface area contributed by atoms with E-state index in [2.05, 4.69) is 17.6 Å². The molecule has 0 radical (unpaired) electrons. The van der Waals surface area contributed by atoms with E-state index >= 15 is 0 Å². The van der Waals surface area contributed by atoms with Crippen LogP contribution in [0.1, 0.15) is 49.4 Å². The summed E-state index contributed by atoms with van der Waals surface area (Å²) in [5, 5.41) is 5.16. The Kier molecular flexibility index (Phi) is 9.19. The number of ether oxygens (including phenoxy) is 1. The van der Waals surface area contributed by atoms with Crippen molar-refractivity contribution in [3.63, 3.8) is 0 Å². The average Bonchev–Trinajstić information content (AvgIpc) is 2.62. The van der Waals surface area contributed by atoms with Crippen LogP contribution in [0.15, 0.2) is 30.3 Å². The van der Waals surface area contributed by atoms with Crippen LogP contribution in [0.3, 0.4) is 0 Å². The molecule has 2 amide bonds. The Bertz CT molecular complexity index is 531. The predicted molar refractivity (Wildman–Crippen MR) is 91.5 cm³/mol. The van der Waals surface area contributed by atoms with Crippen LogP contribution >= 0.6 is 0 Å². The summed E-state index contributed by atoms with van der Waals surface area (Å²) in [6, 6.07) is 7.96. The molecular weight excluding hydrogens is 308 g/mol. The summed E-state index contributed by atoms with van der Waals surface area (Å²) >= 11 is 0. The fourth-order valence-electron chi connectivity index (χ4n) is 2.26. The van der Waals surface area contributed by atoms with Gasteiger partial charge in [0.1, 0.15) is 6.04 Å². The Balaban J connectivity index is 2.43. The van der Waals surface area contributed by atoms with Crippen LogP contribution in [-0.2, 0) is 14.3 Å². The highest BCUT2D eigenvalue weighted by molar-refractivity contribution is 5.96. The molecule has 2 N–H and O–H groups in total. The second-order valence-corrected chi connectivity index (χ2v) is 5.54. The standard InChI is InChI=1S/C18H26N2O4/c1-3-4-5-9-12-15(18(23)24-2)20-16(21)13-19-17(22)14-10-7-6-8-11-14/h6-8,10-11,15H,3-5,9,12-13H2,1-2H3,(H,19,22)(H,20,21)/t15-/m0/s1. The van der Waals surface area contributed by atoms with E-state index in [-0.39, 0.29) is 12.5 Å². The highest BCUT2D eigenvalue weighted by Gasteiger charge is 2.21. The number of methoxy groups -OCH3 is 1. The molecule has 0 aliphatic heterocycles. The van der Waals surface area contributed by atoms with E-state index in [1.54, 1.807) is 24.3 Å². The highest BCUT2D eigenvalue weighted by Crippen LogP contribution is 2.07. The van der Waals surface area contributed by atoms with Crippen LogP contribution in [0.4, 0.5) is 0 Å². The molecule has 1 aromatic rings. The van der Waals surface area contributed by atoms with Crippen LogP contribution in [0, 0.1) is 0 Å². The van der Waals surface area contributed by atoms with Gasteiger partial charge < -0.3 is 15.4 Å². The third-order valence-corrected chi connectivity index (χ3v) is 3.61. The largest absolute Gasteiger partial charge is 0.467 e. The molecule has 1 rings (SSSR count). The summed E-state index contributed by atoms with van der Waals surface area (Å²) in [7, 11) is 1.30. The summed E-state index contributed by atoms with van der Waals surface area (Å²) in [6.07, 6.45) is 4.57. The minimum absolute atomic E-state index is 0.184. The first-order chi connectivity index (χ1) is 11.6. The highest BCUT2D eigenvalue weighted by atomic mass is 16.5. The zero-order valence-electron chi connectivity index (χ0n) is 14.3. The van der Waals surface area contributed by atoms with Crippen LogP contribution in [0.2, 0.25) is 0 Å². The van der Waals surface area contributed by atoms with Gasteiger partial charge in [-0.2, -0.15) is 0 Å². The molecule has 6 heteroatoms. The van der Waals surface area contributed by atoms with Crippen LogP contribution in [-0.4, -0.2) is 37.5 Å². The summed E-state index contributed by atoms with van der Waals surface area (Å²) in [5.74, 6) is -1.21. The van der Waals surface area contributed by atoms with Gasteiger partial charge >= 0.3 is 5.97 Å². The first-order valence-corrected chi connectivity index (χ1v) is 8.29. The van der Waals surface area contributed by atoms with Crippen molar-refractivity contribution in [2.45, 2.75) is 45.1 Å². The first-order valence-electron chi connectivity index (χ1n) is 8.29. The number of carbonyl (C=O) groups excluding carboxylic acids is 3. The Morgan fingerprint density at radius 1 is 1.08 bits per heavy atom. The molecule has 0 saturated heterocycles. The Hall–Kier alpha value is -2.37. The van der Waals surface area contributed by atoms with Crippen LogP contribution in [0.25, 0.3) is 0 Å². The number of esters is 1. The van der Waals surface area contributed by atoms with Gasteiger partial charge in [0, 0.05) is 5.56 Å². The smallest absolute Gasteiger partial charge is 0.328 e. The molecule has 24 heavy (non-hydrogen) atoms. The van der Waals surface area contributed by atoms with E-state index in [0.29, 0.717) is 12.0 Å². The summed E-state index contributed by atoms with van der Waals surface area (Å²) < 4.78 is 4.72. The summed E-state index contributed by atoms with van der Waals surface area (Å²) in [4.78, 5) is 35.6. The summed E-state index contributed by atoms with van der Waals surface area (Å²) in [5.41, 5.74) is 0.481. The fraction of sp³-hybridized carbons (Fsp3) is 0.500. The number of hydrogen-bond donors (Lipinski definition) is 2. The van der Waals surface area contributed by atoms with Crippen LogP contribution in [0.5, 0.6) is 0 Å². The maximum absolute atomic E-state index is 12.0. The molecule has 0 saturated carbocycles. The van der Waals surface area contributed by atoms with E-state index in [1.165, 1.54) is 7.11 Å². The zero-order chi connectivity index (χ0) is 17.8. The minimum atomic E-state index is -0.673. The van der Waals surface area contributed by atoms with Gasteiger partial charge in [-0.1, -0.05) is 50.8 Å². The maximum Gasteiger partial charge on any atom is 0.328 e. The molecule has 1 aromatic carbocycles. The van der Waals surface area contributed by atoms with Gasteiger partial charge in [-0.15, -0.1) is 0 Å². The topological polar surface area (TPSA) is 84.5 Å². The van der Waals surface area contributed by atoms with Crippen LogP contribution < -0.4 is 10.6 Å². The molecule has 1 atom stereocenters. The fourth-order valence-corrected chi connectivity index (χ4v) is 2.26. The molecule has 0 unspecified atom stereocenters. The molecule has 0 heterocycles. The van der Waals surface area contributed by atoms with E-state index in [0.717, 1.165) is 25.7 Å². The second-order valence-electron chi connectivity index (χ2n) is 5.54. The van der Waals surface area contributed by atoms with Gasteiger partial charge in [0.25, 0.3) is 5.91 Å². The molecule has 0 bridgehead atoms. The Morgan fingerprint density at radius 3 is 2.42 bits per heavy atom. The lowest BCUT2D eigenvalue weighted by molar-refractivity contribution is -0.145. The molecule has 0 spiro atoms. The SMILES string of the molecule is CCCCCC[C@H](NC(=O)CNC(=O)c1ccccc1)C(=O)OC. The van der Waals surface area contributed by atoms with E-state index in [9.17, 15) is 14.4 Å². The Labute approximate surface area is 143 Å². The molecule has 0 aliphatic carbocycles. The molecular formula is C18H26N2O4. The Morgan fingerprint density at radius 2 is 1.79 bits per heavy atom. The average molecular weight is 334 g/mol. The van der Waals surface area contributed by atoms with Gasteiger partial charge in [0.05, 0.1) is 13.7 Å². The molecule has 0 aliphatic rings. The third kappa shape index (κ3) is 7.26. The number of benzene rings is 1. The molecule has 132 valence electrons. The molecule has 0 aromatic heterocycles. The van der Waals surface area contributed by atoms with Crippen molar-refractivity contribution in [3.8, 4) is 0 Å². The predicted octanol–water partition coefficient (Wildman–Crippen LogP) is 2.04. The van der Waals surface area contributed by atoms with Crippen molar-refractivity contribution in [1.29, 1.82) is 0 Å². The van der Waals surface area contributed by atoms with E-state index < -0.39 is 17.9 Å². The molecule has 6 nitrogen and oxygen atoms in total. The maximum atomic E-state index is 12.0. The quantitative estimate of drug-likeness (QED) is 0.506. The second kappa shape index (κ2) is 11.2. The van der Waals surface area contributed by atoms with E-state index in [1.807, 2.05) is 6.07 Å². The van der Waals surface area contributed by atoms with Gasteiger partial charge in [0.2, 0.25) is 5.91 Å². The van der Waals surface area contributed by atoms with E-state index in [4.69, 9.17) is 4.74 Å². The number of unbranched alkanes of at least 4 members (excludes halogenated alkanes) is 3. The van der Waals surface area contributed by atoms with Crippen molar-refractivity contribution < 1.29 is 19.1 Å². The normalized spacial score (nSPS) is 11.4. The number of nitrogens with one attached hydrogen (secondary N) is 2. The van der Waals surface area contributed by atoms with Gasteiger partial charge in [-0.05, 0) is 18.6 Å². The first kappa shape index (κ1) is 19.7. The molecule has 0 fully saturated rings. The van der Waals surface area contributed by atoms with Gasteiger partial charge in [-0.3, -0.25) is 9.59 Å². The lowest BCUT2D eigenvalue weighted by Crippen LogP contribution is -2.46.